The largest absolute Gasteiger partial charge is 0.496 e. The lowest BCUT2D eigenvalue weighted by Crippen LogP contribution is -2.38. The van der Waals surface area contributed by atoms with Crippen molar-refractivity contribution in [3.63, 3.8) is 0 Å². The highest BCUT2D eigenvalue weighted by atomic mass is 16.5. The monoisotopic (exact) mass is 275 g/mol. The number of methoxy groups -OCH3 is 1. The van der Waals surface area contributed by atoms with Crippen LogP contribution >= 0.6 is 0 Å². The summed E-state index contributed by atoms with van der Waals surface area (Å²) in [5, 5.41) is 3.64. The lowest BCUT2D eigenvalue weighted by Gasteiger charge is -2.32. The Bertz CT molecular complexity index is 451. The van der Waals surface area contributed by atoms with Crippen molar-refractivity contribution in [2.45, 2.75) is 53.0 Å². The van der Waals surface area contributed by atoms with Crippen LogP contribution < -0.4 is 10.1 Å². The minimum atomic E-state index is 0.339. The summed E-state index contributed by atoms with van der Waals surface area (Å²) in [5.74, 6) is 1.89. The number of nitrogens with one attached hydrogen (secondary N) is 1. The van der Waals surface area contributed by atoms with E-state index in [4.69, 9.17) is 4.74 Å². The summed E-state index contributed by atoms with van der Waals surface area (Å²) in [6.45, 7) is 10.1. The van der Waals surface area contributed by atoms with Crippen molar-refractivity contribution in [3.05, 3.63) is 29.3 Å². The lowest BCUT2D eigenvalue weighted by atomic mass is 9.78. The third-order valence-corrected chi connectivity index (χ3v) is 4.51. The molecule has 20 heavy (non-hydrogen) atoms. The van der Waals surface area contributed by atoms with E-state index in [9.17, 15) is 0 Å². The Balaban J connectivity index is 2.17. The van der Waals surface area contributed by atoms with Crippen LogP contribution in [0, 0.1) is 18.3 Å². The van der Waals surface area contributed by atoms with Crippen LogP contribution in [0.3, 0.4) is 0 Å². The molecule has 0 aromatic heterocycles. The zero-order valence-electron chi connectivity index (χ0n) is 13.6. The Morgan fingerprint density at radius 1 is 1.35 bits per heavy atom. The van der Waals surface area contributed by atoms with Gasteiger partial charge in [0.05, 0.1) is 7.11 Å². The second kappa shape index (κ2) is 6.17. The fourth-order valence-electron chi connectivity index (χ4n) is 3.05. The van der Waals surface area contributed by atoms with Gasteiger partial charge in [-0.25, -0.2) is 0 Å². The van der Waals surface area contributed by atoms with E-state index in [1.807, 2.05) is 0 Å². The first kappa shape index (κ1) is 15.4. The molecule has 1 fully saturated rings. The van der Waals surface area contributed by atoms with Crippen molar-refractivity contribution in [1.29, 1.82) is 0 Å². The molecule has 2 nitrogen and oxygen atoms in total. The van der Waals surface area contributed by atoms with Gasteiger partial charge in [0.1, 0.15) is 5.75 Å². The van der Waals surface area contributed by atoms with Crippen molar-refractivity contribution in [2.24, 2.45) is 11.3 Å². The molecule has 1 saturated carbocycles. The molecule has 0 amide bonds. The third kappa shape index (κ3) is 3.76. The standard InChI is InChI=1S/C18H29NO/c1-13(2)19-12-18(4,16-7-8-16)11-15-10-14(3)6-9-17(15)20-5/h6,9-10,13,16,19H,7-8,11-12H2,1-5H3. The van der Waals surface area contributed by atoms with Gasteiger partial charge >= 0.3 is 0 Å². The minimum Gasteiger partial charge on any atom is -0.496 e. The maximum atomic E-state index is 5.55. The smallest absolute Gasteiger partial charge is 0.122 e. The van der Waals surface area contributed by atoms with Crippen molar-refractivity contribution in [1.82, 2.24) is 5.32 Å². The van der Waals surface area contributed by atoms with Crippen LogP contribution in [0.5, 0.6) is 5.75 Å². The Kier molecular flexibility index (Phi) is 4.74. The van der Waals surface area contributed by atoms with Gasteiger partial charge in [-0.15, -0.1) is 0 Å². The topological polar surface area (TPSA) is 21.3 Å². The first-order valence-corrected chi connectivity index (χ1v) is 7.81. The van der Waals surface area contributed by atoms with Gasteiger partial charge in [0.2, 0.25) is 0 Å². The van der Waals surface area contributed by atoms with Gasteiger partial charge in [-0.05, 0) is 49.1 Å². The van der Waals surface area contributed by atoms with E-state index >= 15 is 0 Å². The maximum absolute atomic E-state index is 5.55. The van der Waals surface area contributed by atoms with Crippen LogP contribution in [-0.4, -0.2) is 19.7 Å². The molecule has 0 saturated heterocycles. The van der Waals surface area contributed by atoms with Crippen LogP contribution in [0.2, 0.25) is 0 Å². The number of ether oxygens (including phenoxy) is 1. The van der Waals surface area contributed by atoms with Gasteiger partial charge < -0.3 is 10.1 Å². The van der Waals surface area contributed by atoms with Gasteiger partial charge in [-0.3, -0.25) is 0 Å². The Hall–Kier alpha value is -1.02. The molecule has 0 heterocycles. The van der Waals surface area contributed by atoms with E-state index in [0.29, 0.717) is 11.5 Å². The second-order valence-corrected chi connectivity index (χ2v) is 6.96. The average molecular weight is 275 g/mol. The van der Waals surface area contributed by atoms with Crippen molar-refractivity contribution in [2.75, 3.05) is 13.7 Å². The molecule has 1 aliphatic carbocycles. The second-order valence-electron chi connectivity index (χ2n) is 6.96. The number of hydrogen-bond acceptors (Lipinski definition) is 2. The fraction of sp³-hybridized carbons (Fsp3) is 0.667. The average Bonchev–Trinajstić information content (AvgIpc) is 3.21. The molecule has 0 bridgehead atoms. The molecule has 1 aromatic carbocycles. The van der Waals surface area contributed by atoms with Crippen LogP contribution in [0.25, 0.3) is 0 Å². The summed E-state index contributed by atoms with van der Waals surface area (Å²) in [5.41, 5.74) is 3.01. The molecular weight excluding hydrogens is 246 g/mol. The van der Waals surface area contributed by atoms with E-state index in [1.165, 1.54) is 24.0 Å². The normalized spacial score (nSPS) is 18.1. The predicted octanol–water partition coefficient (Wildman–Crippen LogP) is 3.96. The summed E-state index contributed by atoms with van der Waals surface area (Å²) < 4.78 is 5.55. The third-order valence-electron chi connectivity index (χ3n) is 4.51. The Labute approximate surface area is 123 Å². The minimum absolute atomic E-state index is 0.339. The van der Waals surface area contributed by atoms with Crippen molar-refractivity contribution >= 4 is 0 Å². The predicted molar refractivity (Wildman–Crippen MR) is 85.4 cm³/mol. The summed E-state index contributed by atoms with van der Waals surface area (Å²) in [6, 6.07) is 7.07. The van der Waals surface area contributed by atoms with Crippen LogP contribution in [0.1, 0.15) is 44.7 Å². The first-order chi connectivity index (χ1) is 9.44. The van der Waals surface area contributed by atoms with E-state index in [1.54, 1.807) is 7.11 Å². The van der Waals surface area contributed by atoms with Gasteiger partial charge in [0, 0.05) is 12.6 Å². The molecule has 1 N–H and O–H groups in total. The summed E-state index contributed by atoms with van der Waals surface area (Å²) >= 11 is 0. The van der Waals surface area contributed by atoms with Crippen LogP contribution in [0.4, 0.5) is 0 Å². The van der Waals surface area contributed by atoms with E-state index in [2.05, 4.69) is 51.2 Å². The number of rotatable bonds is 7. The quantitative estimate of drug-likeness (QED) is 0.813. The highest BCUT2D eigenvalue weighted by molar-refractivity contribution is 5.37. The van der Waals surface area contributed by atoms with E-state index in [-0.39, 0.29) is 0 Å². The molecule has 112 valence electrons. The molecule has 2 rings (SSSR count). The molecule has 2 heteroatoms. The number of aryl methyl sites for hydroxylation is 1. The SMILES string of the molecule is COc1ccc(C)cc1CC(C)(CNC(C)C)C1CC1. The highest BCUT2D eigenvalue weighted by Crippen LogP contribution is 2.48. The van der Waals surface area contributed by atoms with E-state index < -0.39 is 0 Å². The molecule has 0 radical (unpaired) electrons. The highest BCUT2D eigenvalue weighted by Gasteiger charge is 2.41. The number of hydrogen-bond donors (Lipinski definition) is 1. The zero-order chi connectivity index (χ0) is 14.8. The zero-order valence-corrected chi connectivity index (χ0v) is 13.6. The van der Waals surface area contributed by atoms with Gasteiger partial charge in [0.25, 0.3) is 0 Å². The molecule has 0 spiro atoms. The van der Waals surface area contributed by atoms with E-state index in [0.717, 1.165) is 24.6 Å². The van der Waals surface area contributed by atoms with Crippen molar-refractivity contribution in [3.8, 4) is 5.75 Å². The van der Waals surface area contributed by atoms with Crippen molar-refractivity contribution < 1.29 is 4.74 Å². The van der Waals surface area contributed by atoms with Crippen LogP contribution in [-0.2, 0) is 6.42 Å². The summed E-state index contributed by atoms with van der Waals surface area (Å²) in [6.07, 6.45) is 3.86. The first-order valence-electron chi connectivity index (χ1n) is 7.81. The Morgan fingerprint density at radius 2 is 2.05 bits per heavy atom. The van der Waals surface area contributed by atoms with Gasteiger partial charge in [0.15, 0.2) is 0 Å². The molecule has 0 aliphatic heterocycles. The molecule has 1 aromatic rings. The van der Waals surface area contributed by atoms with Crippen LogP contribution in [0.15, 0.2) is 18.2 Å². The maximum Gasteiger partial charge on any atom is 0.122 e. The summed E-state index contributed by atoms with van der Waals surface area (Å²) in [4.78, 5) is 0. The molecule has 1 atom stereocenters. The fourth-order valence-corrected chi connectivity index (χ4v) is 3.05. The lowest BCUT2D eigenvalue weighted by molar-refractivity contribution is 0.245. The van der Waals surface area contributed by atoms with Gasteiger partial charge in [-0.2, -0.15) is 0 Å². The molecule has 1 unspecified atom stereocenters. The Morgan fingerprint density at radius 3 is 2.60 bits per heavy atom. The number of benzene rings is 1. The van der Waals surface area contributed by atoms with Gasteiger partial charge in [-0.1, -0.05) is 38.5 Å². The molecular formula is C18H29NO. The molecule has 1 aliphatic rings. The summed E-state index contributed by atoms with van der Waals surface area (Å²) in [7, 11) is 1.77.